The number of thiophene rings is 1. The topological polar surface area (TPSA) is 119 Å². The number of rotatable bonds is 11. The van der Waals surface area contributed by atoms with Crippen LogP contribution in [0.1, 0.15) is 76.9 Å². The minimum atomic E-state index is -0.854. The summed E-state index contributed by atoms with van der Waals surface area (Å²) in [5.74, 6) is -0.831. The van der Waals surface area contributed by atoms with Gasteiger partial charge in [0.1, 0.15) is 41.5 Å². The summed E-state index contributed by atoms with van der Waals surface area (Å²) < 4.78 is 49.2. The molecule has 4 aromatic rings. The van der Waals surface area contributed by atoms with Crippen molar-refractivity contribution in [2.24, 2.45) is 0 Å². The van der Waals surface area contributed by atoms with Crippen molar-refractivity contribution in [1.29, 1.82) is 0 Å². The van der Waals surface area contributed by atoms with Gasteiger partial charge in [-0.3, -0.25) is 19.2 Å². The van der Waals surface area contributed by atoms with E-state index < -0.39 is 11.4 Å². The van der Waals surface area contributed by atoms with Crippen LogP contribution in [0.25, 0.3) is 38.3 Å². The van der Waals surface area contributed by atoms with Crippen LogP contribution in [0.5, 0.6) is 0 Å². The van der Waals surface area contributed by atoms with Gasteiger partial charge in [-0.05, 0) is 88.9 Å². The molecule has 0 bridgehead atoms. The van der Waals surface area contributed by atoms with E-state index in [-0.39, 0.29) is 49.1 Å². The number of benzene rings is 1. The van der Waals surface area contributed by atoms with E-state index in [1.807, 2.05) is 69.8 Å². The monoisotopic (exact) mass is 876 g/mol. The lowest BCUT2D eigenvalue weighted by molar-refractivity contribution is -0.116. The molecule has 6 rings (SSSR count). The number of likely N-dealkylation sites (N-methyl/N-ethyl adjacent to an activating group) is 1. The average molecular weight is 877 g/mol. The van der Waals surface area contributed by atoms with Crippen molar-refractivity contribution >= 4 is 45.8 Å². The number of fused-ring (bicyclic) bond motifs is 3. The number of hydrogen-bond acceptors (Lipinski definition) is 10. The second-order valence-corrected chi connectivity index (χ2v) is 16.5. The van der Waals surface area contributed by atoms with Gasteiger partial charge in [0.2, 0.25) is 6.41 Å². The molecule has 0 radical (unpaired) electrons. The van der Waals surface area contributed by atoms with Crippen LogP contribution in [0.3, 0.4) is 0 Å². The van der Waals surface area contributed by atoms with E-state index in [1.54, 1.807) is 26.1 Å². The molecule has 0 spiro atoms. The zero-order valence-corrected chi connectivity index (χ0v) is 38.8. The highest BCUT2D eigenvalue weighted by atomic mass is 32.1. The van der Waals surface area contributed by atoms with Gasteiger partial charge in [-0.1, -0.05) is 39.1 Å². The van der Waals surface area contributed by atoms with Gasteiger partial charge in [-0.2, -0.15) is 5.10 Å². The summed E-state index contributed by atoms with van der Waals surface area (Å²) in [6.07, 6.45) is 3.84. The second kappa shape index (κ2) is 23.6. The summed E-state index contributed by atoms with van der Waals surface area (Å²) in [5.41, 5.74) is 5.45. The number of aldehydes is 1. The molecule has 62 heavy (non-hydrogen) atoms. The van der Waals surface area contributed by atoms with Crippen LogP contribution in [-0.2, 0) is 43.3 Å². The predicted octanol–water partition coefficient (Wildman–Crippen LogP) is 9.96. The Labute approximate surface area is 369 Å². The number of pyridine rings is 1. The number of nitrogens with zero attached hydrogens (tertiary/aromatic N) is 6. The maximum absolute atomic E-state index is 16.1. The molecule has 2 amide bonds. The molecule has 1 aromatic carbocycles. The molecular formula is C47H62F2N6O6S. The number of methoxy groups -OCH3 is 1. The van der Waals surface area contributed by atoms with E-state index >= 15 is 4.39 Å². The van der Waals surface area contributed by atoms with E-state index in [4.69, 9.17) is 29.1 Å². The fourth-order valence-corrected chi connectivity index (χ4v) is 7.65. The van der Waals surface area contributed by atoms with Crippen molar-refractivity contribution in [1.82, 2.24) is 29.5 Å². The first-order valence-corrected chi connectivity index (χ1v) is 21.3. The van der Waals surface area contributed by atoms with E-state index in [0.29, 0.717) is 48.4 Å². The van der Waals surface area contributed by atoms with Crippen LogP contribution in [0, 0.1) is 0 Å². The standard InChI is InChI=1S/C39H45F2N5O4S.C3H7NO.C3H4O.C2H6/c1-23-19-26-9-10-27(20-28(26)22-45(23)38(47)50-39(4,5)6)35-29-12-18-51-37(29)34(33(30(41)11-13-40)25(3)49-17-16-48-8)36(42-35)31-21-32-24(2)44(7)14-15-46(32)43-31;1-4(2)3-5;1-2-3-4;1-2/h9-13,18,20-21,23-24H,3,14-17,19,22H2,1-2,4-8H3;3H,1-2H3;2-3H,1H2;1-2H3/b13-11+,33-30?;;;/t23?,24-;;;/m1.../s1. The van der Waals surface area contributed by atoms with Gasteiger partial charge in [0.25, 0.3) is 0 Å². The summed E-state index contributed by atoms with van der Waals surface area (Å²) in [7, 11) is 6.99. The van der Waals surface area contributed by atoms with Crippen molar-refractivity contribution in [2.75, 3.05) is 48.0 Å². The molecule has 15 heteroatoms. The third-order valence-corrected chi connectivity index (χ3v) is 10.7. The Morgan fingerprint density at radius 2 is 1.74 bits per heavy atom. The molecule has 0 N–H and O–H groups in total. The van der Waals surface area contributed by atoms with E-state index in [2.05, 4.69) is 44.2 Å². The van der Waals surface area contributed by atoms with Crippen LogP contribution < -0.4 is 0 Å². The zero-order valence-electron chi connectivity index (χ0n) is 38.0. The third kappa shape index (κ3) is 12.8. The first-order chi connectivity index (χ1) is 29.5. The Kier molecular flexibility index (Phi) is 19.4. The number of ether oxygens (including phenoxy) is 3. The smallest absolute Gasteiger partial charge is 0.410 e. The molecular weight excluding hydrogens is 815 g/mol. The molecule has 0 fully saturated rings. The number of carbonyl (C=O) groups is 3. The summed E-state index contributed by atoms with van der Waals surface area (Å²) in [6, 6.07) is 10.2. The largest absolute Gasteiger partial charge is 0.491 e. The maximum atomic E-state index is 16.1. The van der Waals surface area contributed by atoms with Gasteiger partial charge in [-0.25, -0.2) is 18.6 Å². The Hall–Kier alpha value is -5.51. The Balaban J connectivity index is 0.000000837. The number of allylic oxidation sites excluding steroid dienone is 4. The Morgan fingerprint density at radius 1 is 1.06 bits per heavy atom. The van der Waals surface area contributed by atoms with Gasteiger partial charge in [0, 0.05) is 73.7 Å². The predicted molar refractivity (Wildman–Crippen MR) is 245 cm³/mol. The van der Waals surface area contributed by atoms with Crippen molar-refractivity contribution in [3.63, 3.8) is 0 Å². The molecule has 2 atom stereocenters. The molecule has 2 aliphatic heterocycles. The summed E-state index contributed by atoms with van der Waals surface area (Å²) in [5, 5.41) is 7.71. The Bertz CT molecular complexity index is 2230. The number of carbonyl (C=O) groups excluding carboxylic acids is 3. The molecule has 5 heterocycles. The lowest BCUT2D eigenvalue weighted by atomic mass is 9.91. The molecule has 12 nitrogen and oxygen atoms in total. The minimum Gasteiger partial charge on any atom is -0.491 e. The SMILES string of the molecule is C=C(OCCOC)C(=C(F)/C=C/F)c1c(-c2cc3n(n2)CCN(C)[C@@H]3C)nc(-c2ccc3c(c2)CN(C(=O)OC(C)(C)C)C(C)C3)c2ccsc12.C=CC=O.CC.CN(C)C=O. The van der Waals surface area contributed by atoms with Gasteiger partial charge in [0.15, 0.2) is 0 Å². The van der Waals surface area contributed by atoms with Crippen LogP contribution in [0.4, 0.5) is 13.6 Å². The zero-order chi connectivity index (χ0) is 46.3. The van der Waals surface area contributed by atoms with E-state index in [0.717, 1.165) is 51.5 Å². The molecule has 0 aliphatic carbocycles. The normalized spacial score (nSPS) is 16.2. The molecule has 1 unspecified atom stereocenters. The fourth-order valence-electron chi connectivity index (χ4n) is 6.70. The average Bonchev–Trinajstić information content (AvgIpc) is 3.91. The van der Waals surface area contributed by atoms with Crippen LogP contribution in [-0.4, -0.2) is 108 Å². The molecule has 0 saturated heterocycles. The highest BCUT2D eigenvalue weighted by Gasteiger charge is 2.32. The maximum Gasteiger partial charge on any atom is 0.410 e. The van der Waals surface area contributed by atoms with Crippen molar-refractivity contribution in [3.05, 3.63) is 101 Å². The van der Waals surface area contributed by atoms with Gasteiger partial charge < -0.3 is 24.0 Å². The van der Waals surface area contributed by atoms with Crippen LogP contribution in [0.15, 0.2) is 78.9 Å². The molecule has 3 aromatic heterocycles. The highest BCUT2D eigenvalue weighted by molar-refractivity contribution is 7.17. The van der Waals surface area contributed by atoms with Crippen LogP contribution >= 0.6 is 11.3 Å². The van der Waals surface area contributed by atoms with E-state index in [1.165, 1.54) is 22.3 Å². The quantitative estimate of drug-likeness (QED) is 0.0477. The van der Waals surface area contributed by atoms with Gasteiger partial charge >= 0.3 is 6.09 Å². The number of hydrogen-bond donors (Lipinski definition) is 0. The number of aromatic nitrogens is 3. The van der Waals surface area contributed by atoms with Crippen molar-refractivity contribution in [3.8, 4) is 22.6 Å². The second-order valence-electron chi connectivity index (χ2n) is 15.5. The fraction of sp³-hybridized carbons (Fsp3) is 0.426. The summed E-state index contributed by atoms with van der Waals surface area (Å²) >= 11 is 1.42. The summed E-state index contributed by atoms with van der Waals surface area (Å²) in [6.45, 7) is 23.2. The molecule has 2 aliphatic rings. The Morgan fingerprint density at radius 3 is 2.34 bits per heavy atom. The van der Waals surface area contributed by atoms with Crippen LogP contribution in [0.2, 0.25) is 0 Å². The number of amides is 2. The van der Waals surface area contributed by atoms with Gasteiger partial charge in [-0.15, -0.1) is 11.3 Å². The molecule has 336 valence electrons. The van der Waals surface area contributed by atoms with E-state index in [9.17, 15) is 14.0 Å². The molecule has 0 saturated carbocycles. The van der Waals surface area contributed by atoms with Crippen molar-refractivity contribution in [2.45, 2.75) is 85.7 Å². The lowest BCUT2D eigenvalue weighted by Gasteiger charge is -2.36. The summed E-state index contributed by atoms with van der Waals surface area (Å²) in [4.78, 5) is 42.4. The first-order valence-electron chi connectivity index (χ1n) is 20.5. The number of halogens is 2. The third-order valence-electron chi connectivity index (χ3n) is 9.76. The van der Waals surface area contributed by atoms with Crippen molar-refractivity contribution < 1.29 is 37.4 Å². The highest BCUT2D eigenvalue weighted by Crippen LogP contribution is 2.45. The van der Waals surface area contributed by atoms with Gasteiger partial charge in [0.05, 0.1) is 36.4 Å². The lowest BCUT2D eigenvalue weighted by Crippen LogP contribution is -2.45. The minimum absolute atomic E-state index is 0.00919. The first kappa shape index (κ1) is 50.8.